The highest BCUT2D eigenvalue weighted by molar-refractivity contribution is 5.76. The molecule has 0 bridgehead atoms. The fraction of sp³-hybridized carbons (Fsp3) is 0.912. The molecule has 0 heterocycles. The van der Waals surface area contributed by atoms with Crippen LogP contribution >= 0.6 is 0 Å². The average Bonchev–Trinajstić information content (AvgIpc) is 2.95. The predicted molar refractivity (Wildman–Crippen MR) is 171 cm³/mol. The molecule has 248 valence electrons. The van der Waals surface area contributed by atoms with Crippen molar-refractivity contribution in [2.75, 3.05) is 6.61 Å². The standard InChI is InChI=1S/C34H66N2O6/c1-5-7-9-11-13-14-19-23-27-40-32(37)26-22-18-15-17-21-25-31(42-34(39)29(4)36)30(41-33(38)28(3)35)24-20-16-12-10-8-6-2/h28-31H,5-27,35-36H2,1-4H3/t28-,29-,30?,31?/m0/s1. The molecule has 0 saturated heterocycles. The van der Waals surface area contributed by atoms with Crippen molar-refractivity contribution in [3.05, 3.63) is 0 Å². The normalized spacial score (nSPS) is 14.1. The molecule has 0 fully saturated rings. The number of carbonyl (C=O) groups is 3. The number of hydrogen-bond acceptors (Lipinski definition) is 8. The lowest BCUT2D eigenvalue weighted by atomic mass is 9.99. The molecule has 0 aliphatic carbocycles. The van der Waals surface area contributed by atoms with E-state index in [1.54, 1.807) is 13.8 Å². The van der Waals surface area contributed by atoms with Crippen LogP contribution in [-0.2, 0) is 28.6 Å². The van der Waals surface area contributed by atoms with Crippen LogP contribution in [0, 0.1) is 0 Å². The van der Waals surface area contributed by atoms with Gasteiger partial charge in [0.25, 0.3) is 0 Å². The minimum atomic E-state index is -0.748. The third-order valence-corrected chi connectivity index (χ3v) is 7.67. The SMILES string of the molecule is CCCCCCCCCCOC(=O)CCCCCCCC(OC(=O)[C@H](C)N)C(CCCCCCCC)OC(=O)[C@H](C)N. The summed E-state index contributed by atoms with van der Waals surface area (Å²) in [6.45, 7) is 8.14. The summed E-state index contributed by atoms with van der Waals surface area (Å²) >= 11 is 0. The first-order chi connectivity index (χ1) is 20.2. The van der Waals surface area contributed by atoms with E-state index in [9.17, 15) is 14.4 Å². The Morgan fingerprint density at radius 2 is 0.881 bits per heavy atom. The van der Waals surface area contributed by atoms with Gasteiger partial charge in [0.15, 0.2) is 0 Å². The maximum absolute atomic E-state index is 12.4. The maximum atomic E-state index is 12.4. The average molecular weight is 599 g/mol. The number of hydrogen-bond donors (Lipinski definition) is 2. The second-order valence-electron chi connectivity index (χ2n) is 12.1. The monoisotopic (exact) mass is 598 g/mol. The quantitative estimate of drug-likeness (QED) is 0.0509. The molecule has 0 aliphatic heterocycles. The van der Waals surface area contributed by atoms with E-state index in [1.165, 1.54) is 57.8 Å². The van der Waals surface area contributed by atoms with Crippen molar-refractivity contribution < 1.29 is 28.6 Å². The third kappa shape index (κ3) is 23.8. The molecule has 0 spiro atoms. The largest absolute Gasteiger partial charge is 0.466 e. The fourth-order valence-corrected chi connectivity index (χ4v) is 4.92. The number of unbranched alkanes of at least 4 members (excludes halogenated alkanes) is 16. The van der Waals surface area contributed by atoms with Gasteiger partial charge in [0.05, 0.1) is 6.61 Å². The van der Waals surface area contributed by atoms with Crippen LogP contribution in [0.2, 0.25) is 0 Å². The van der Waals surface area contributed by atoms with Gasteiger partial charge in [-0.25, -0.2) is 0 Å². The fourth-order valence-electron chi connectivity index (χ4n) is 4.92. The van der Waals surface area contributed by atoms with E-state index in [-0.39, 0.29) is 5.97 Å². The molecule has 2 unspecified atom stereocenters. The van der Waals surface area contributed by atoms with Crippen LogP contribution in [0.3, 0.4) is 0 Å². The summed E-state index contributed by atoms with van der Waals surface area (Å²) in [4.78, 5) is 36.8. The molecule has 4 atom stereocenters. The first-order valence-electron chi connectivity index (χ1n) is 17.3. The van der Waals surface area contributed by atoms with Gasteiger partial charge in [0.1, 0.15) is 24.3 Å². The molecule has 0 aliphatic rings. The number of esters is 3. The predicted octanol–water partition coefficient (Wildman–Crippen LogP) is 7.67. The van der Waals surface area contributed by atoms with Gasteiger partial charge < -0.3 is 25.7 Å². The second kappa shape index (κ2) is 28.1. The van der Waals surface area contributed by atoms with Crippen LogP contribution < -0.4 is 11.5 Å². The highest BCUT2D eigenvalue weighted by Gasteiger charge is 2.30. The van der Waals surface area contributed by atoms with E-state index in [2.05, 4.69) is 13.8 Å². The molecule has 42 heavy (non-hydrogen) atoms. The van der Waals surface area contributed by atoms with Crippen LogP contribution in [0.25, 0.3) is 0 Å². The summed E-state index contributed by atoms with van der Waals surface area (Å²) in [5, 5.41) is 0. The number of ether oxygens (including phenoxy) is 3. The number of carbonyl (C=O) groups excluding carboxylic acids is 3. The molecule has 0 aromatic heterocycles. The van der Waals surface area contributed by atoms with Crippen molar-refractivity contribution >= 4 is 17.9 Å². The van der Waals surface area contributed by atoms with Gasteiger partial charge in [-0.1, -0.05) is 110 Å². The highest BCUT2D eigenvalue weighted by Crippen LogP contribution is 2.21. The van der Waals surface area contributed by atoms with Crippen molar-refractivity contribution in [1.29, 1.82) is 0 Å². The molecular formula is C34H66N2O6. The van der Waals surface area contributed by atoms with E-state index in [4.69, 9.17) is 25.7 Å². The molecule has 0 amide bonds. The van der Waals surface area contributed by atoms with Gasteiger partial charge in [-0.2, -0.15) is 0 Å². The van der Waals surface area contributed by atoms with Gasteiger partial charge in [-0.05, 0) is 52.4 Å². The Morgan fingerprint density at radius 3 is 1.29 bits per heavy atom. The molecule has 0 rings (SSSR count). The van der Waals surface area contributed by atoms with E-state index in [0.29, 0.717) is 25.9 Å². The number of nitrogens with two attached hydrogens (primary N) is 2. The Bertz CT molecular complexity index is 670. The number of rotatable bonds is 29. The smallest absolute Gasteiger partial charge is 0.323 e. The summed E-state index contributed by atoms with van der Waals surface area (Å²) in [7, 11) is 0. The van der Waals surface area contributed by atoms with Crippen LogP contribution in [0.5, 0.6) is 0 Å². The highest BCUT2D eigenvalue weighted by atomic mass is 16.6. The van der Waals surface area contributed by atoms with Crippen molar-refractivity contribution in [1.82, 2.24) is 0 Å². The lowest BCUT2D eigenvalue weighted by Crippen LogP contribution is -2.42. The summed E-state index contributed by atoms with van der Waals surface area (Å²) < 4.78 is 16.9. The summed E-state index contributed by atoms with van der Waals surface area (Å²) in [5.41, 5.74) is 11.5. The zero-order valence-electron chi connectivity index (χ0n) is 27.7. The summed E-state index contributed by atoms with van der Waals surface area (Å²) in [6, 6.07) is -1.49. The molecule has 8 nitrogen and oxygen atoms in total. The molecular weight excluding hydrogens is 532 g/mol. The molecule has 0 aromatic carbocycles. The first-order valence-corrected chi connectivity index (χ1v) is 17.3. The van der Waals surface area contributed by atoms with Crippen LogP contribution in [0.1, 0.15) is 169 Å². The molecule has 4 N–H and O–H groups in total. The first kappa shape index (κ1) is 40.3. The minimum absolute atomic E-state index is 0.102. The van der Waals surface area contributed by atoms with Crippen LogP contribution in [-0.4, -0.2) is 48.8 Å². The molecule has 8 heteroatoms. The van der Waals surface area contributed by atoms with Crippen molar-refractivity contribution in [3.8, 4) is 0 Å². The Balaban J connectivity index is 4.45. The van der Waals surface area contributed by atoms with Gasteiger partial charge in [-0.15, -0.1) is 0 Å². The van der Waals surface area contributed by atoms with E-state index >= 15 is 0 Å². The molecule has 0 aromatic rings. The van der Waals surface area contributed by atoms with Gasteiger partial charge >= 0.3 is 17.9 Å². The van der Waals surface area contributed by atoms with E-state index in [1.807, 2.05) is 0 Å². The topological polar surface area (TPSA) is 131 Å². The van der Waals surface area contributed by atoms with Crippen molar-refractivity contribution in [2.45, 2.75) is 193 Å². The maximum Gasteiger partial charge on any atom is 0.323 e. The van der Waals surface area contributed by atoms with Crippen molar-refractivity contribution in [2.24, 2.45) is 11.5 Å². The van der Waals surface area contributed by atoms with Crippen LogP contribution in [0.4, 0.5) is 0 Å². The Hall–Kier alpha value is -1.67. The molecule has 0 radical (unpaired) electrons. The van der Waals surface area contributed by atoms with Gasteiger partial charge in [-0.3, -0.25) is 14.4 Å². The lowest BCUT2D eigenvalue weighted by Gasteiger charge is -2.28. The Labute approximate surface area is 257 Å². The zero-order chi connectivity index (χ0) is 31.4. The minimum Gasteiger partial charge on any atom is -0.466 e. The summed E-state index contributed by atoms with van der Waals surface area (Å²) in [6.07, 6.45) is 21.6. The third-order valence-electron chi connectivity index (χ3n) is 7.67. The van der Waals surface area contributed by atoms with Crippen molar-refractivity contribution in [3.63, 3.8) is 0 Å². The zero-order valence-corrected chi connectivity index (χ0v) is 27.7. The second-order valence-corrected chi connectivity index (χ2v) is 12.1. The summed E-state index contributed by atoms with van der Waals surface area (Å²) in [5.74, 6) is -1.08. The van der Waals surface area contributed by atoms with Gasteiger partial charge in [0.2, 0.25) is 0 Å². The van der Waals surface area contributed by atoms with Gasteiger partial charge in [0, 0.05) is 6.42 Å². The van der Waals surface area contributed by atoms with Crippen LogP contribution in [0.15, 0.2) is 0 Å². The lowest BCUT2D eigenvalue weighted by molar-refractivity contribution is -0.170. The Kier molecular flexibility index (Phi) is 27.0. The van der Waals surface area contributed by atoms with E-state index in [0.717, 1.165) is 64.2 Å². The molecule has 0 saturated carbocycles. The Morgan fingerprint density at radius 1 is 0.524 bits per heavy atom. The van der Waals surface area contributed by atoms with E-state index < -0.39 is 36.2 Å².